The molecule has 0 saturated carbocycles. The number of hydrogen-bond donors (Lipinski definition) is 1. The van der Waals surface area contributed by atoms with E-state index < -0.39 is 0 Å². The summed E-state index contributed by atoms with van der Waals surface area (Å²) < 4.78 is 14.0. The molecule has 0 unspecified atom stereocenters. The lowest BCUT2D eigenvalue weighted by Gasteiger charge is -2.48. The van der Waals surface area contributed by atoms with Crippen LogP contribution in [0, 0.1) is 5.82 Å². The average molecular weight is 381 g/mol. The number of pyridine rings is 1. The number of hydrogen-bond acceptors (Lipinski definition) is 3. The quantitative estimate of drug-likeness (QED) is 0.876. The van der Waals surface area contributed by atoms with E-state index in [1.807, 2.05) is 12.1 Å². The maximum atomic E-state index is 14.0. The van der Waals surface area contributed by atoms with Gasteiger partial charge < -0.3 is 10.2 Å². The van der Waals surface area contributed by atoms with E-state index in [4.69, 9.17) is 0 Å². The molecule has 0 radical (unpaired) electrons. The Bertz CT molecular complexity index is 855. The lowest BCUT2D eigenvalue weighted by Crippen LogP contribution is -2.62. The second-order valence-electron chi connectivity index (χ2n) is 8.26. The second kappa shape index (κ2) is 8.00. The van der Waals surface area contributed by atoms with Gasteiger partial charge in [-0.1, -0.05) is 24.6 Å². The molecule has 1 aromatic carbocycles. The topological polar surface area (TPSA) is 45.2 Å². The van der Waals surface area contributed by atoms with Crippen molar-refractivity contribution < 1.29 is 9.18 Å². The minimum Gasteiger partial charge on any atom is -0.334 e. The Morgan fingerprint density at radius 2 is 2.14 bits per heavy atom. The highest BCUT2D eigenvalue weighted by atomic mass is 19.1. The minimum atomic E-state index is -0.239. The lowest BCUT2D eigenvalue weighted by atomic mass is 9.81. The normalized spacial score (nSPS) is 25.1. The second-order valence-corrected chi connectivity index (χ2v) is 8.26. The van der Waals surface area contributed by atoms with Crippen LogP contribution in [0.5, 0.6) is 0 Å². The van der Waals surface area contributed by atoms with Crippen molar-refractivity contribution in [2.24, 2.45) is 0 Å². The molecule has 4 rings (SSSR count). The first-order chi connectivity index (χ1) is 13.6. The molecule has 2 saturated heterocycles. The number of amides is 1. The summed E-state index contributed by atoms with van der Waals surface area (Å²) in [6.45, 7) is 4.08. The van der Waals surface area contributed by atoms with Gasteiger partial charge in [0.05, 0.1) is 0 Å². The van der Waals surface area contributed by atoms with E-state index in [0.29, 0.717) is 17.5 Å². The van der Waals surface area contributed by atoms with Crippen LogP contribution in [0.25, 0.3) is 0 Å². The summed E-state index contributed by atoms with van der Waals surface area (Å²) in [5.41, 5.74) is 1.95. The van der Waals surface area contributed by atoms with Crippen molar-refractivity contribution in [2.45, 2.75) is 57.0 Å². The molecule has 2 atom stereocenters. The largest absolute Gasteiger partial charge is 0.334 e. The summed E-state index contributed by atoms with van der Waals surface area (Å²) in [5, 5.41) is 3.70. The predicted octanol–water partition coefficient (Wildman–Crippen LogP) is 3.95. The molecule has 1 aromatic heterocycles. The van der Waals surface area contributed by atoms with Gasteiger partial charge in [0, 0.05) is 42.0 Å². The third-order valence-electron chi connectivity index (χ3n) is 6.29. The molecule has 2 aromatic rings. The Morgan fingerprint density at radius 1 is 1.29 bits per heavy atom. The van der Waals surface area contributed by atoms with Crippen molar-refractivity contribution in [2.75, 3.05) is 13.1 Å². The van der Waals surface area contributed by atoms with Crippen LogP contribution in [0.15, 0.2) is 42.6 Å². The maximum Gasteiger partial charge on any atom is 0.254 e. The van der Waals surface area contributed by atoms with E-state index in [1.165, 1.54) is 6.07 Å². The van der Waals surface area contributed by atoms with Crippen LogP contribution in [0.2, 0.25) is 0 Å². The van der Waals surface area contributed by atoms with E-state index >= 15 is 0 Å². The van der Waals surface area contributed by atoms with Gasteiger partial charge >= 0.3 is 0 Å². The van der Waals surface area contributed by atoms with Gasteiger partial charge in [-0.15, -0.1) is 0 Å². The minimum absolute atomic E-state index is 0.00651. The van der Waals surface area contributed by atoms with Gasteiger partial charge in [-0.2, -0.15) is 0 Å². The number of nitrogens with one attached hydrogen (secondary N) is 1. The molecule has 3 heterocycles. The third-order valence-corrected chi connectivity index (χ3v) is 6.29. The van der Waals surface area contributed by atoms with Crippen LogP contribution in [0.3, 0.4) is 0 Å². The van der Waals surface area contributed by atoms with Crippen molar-refractivity contribution in [1.29, 1.82) is 0 Å². The van der Waals surface area contributed by atoms with E-state index in [0.717, 1.165) is 50.9 Å². The van der Waals surface area contributed by atoms with Crippen LogP contribution < -0.4 is 5.32 Å². The van der Waals surface area contributed by atoms with Crippen LogP contribution >= 0.6 is 0 Å². The number of carbonyl (C=O) groups excluding carboxylic acids is 1. The van der Waals surface area contributed by atoms with Crippen LogP contribution in [-0.4, -0.2) is 40.5 Å². The Kier molecular flexibility index (Phi) is 5.44. The zero-order chi connectivity index (χ0) is 19.6. The van der Waals surface area contributed by atoms with E-state index in [2.05, 4.69) is 22.1 Å². The number of likely N-dealkylation sites (tertiary alicyclic amines) is 1. The van der Waals surface area contributed by atoms with Crippen LogP contribution in [0.4, 0.5) is 4.39 Å². The number of fused-ring (bicyclic) bond motifs is 1. The van der Waals surface area contributed by atoms with E-state index in [9.17, 15) is 9.18 Å². The zero-order valence-corrected chi connectivity index (χ0v) is 16.5. The first-order valence-corrected chi connectivity index (χ1v) is 10.3. The Hall–Kier alpha value is -2.27. The van der Waals surface area contributed by atoms with Crippen molar-refractivity contribution >= 4 is 5.91 Å². The molecule has 2 aliphatic heterocycles. The number of halogens is 1. The average Bonchev–Trinajstić information content (AvgIpc) is 2.90. The number of aromatic nitrogens is 1. The number of nitrogens with zero attached hydrogens (tertiary/aromatic N) is 2. The van der Waals surface area contributed by atoms with Gasteiger partial charge in [0.25, 0.3) is 5.91 Å². The first kappa shape index (κ1) is 19.1. The maximum absolute atomic E-state index is 14.0. The summed E-state index contributed by atoms with van der Waals surface area (Å²) in [4.78, 5) is 19.8. The zero-order valence-electron chi connectivity index (χ0n) is 16.5. The number of benzene rings is 1. The molecule has 4 nitrogen and oxygen atoms in total. The Morgan fingerprint density at radius 3 is 3.00 bits per heavy atom. The fraction of sp³-hybridized carbons (Fsp3) is 0.478. The van der Waals surface area contributed by atoms with Gasteiger partial charge in [0.15, 0.2) is 0 Å². The molecule has 148 valence electrons. The predicted molar refractivity (Wildman–Crippen MR) is 108 cm³/mol. The molecular weight excluding hydrogens is 353 g/mol. The highest BCUT2D eigenvalue weighted by Gasteiger charge is 2.43. The van der Waals surface area contributed by atoms with Gasteiger partial charge in [0.1, 0.15) is 5.82 Å². The van der Waals surface area contributed by atoms with Gasteiger partial charge in [-0.25, -0.2) is 4.39 Å². The van der Waals surface area contributed by atoms with Crippen LogP contribution in [0.1, 0.15) is 60.6 Å². The van der Waals surface area contributed by atoms with E-state index in [-0.39, 0.29) is 23.3 Å². The third kappa shape index (κ3) is 3.81. The molecule has 1 amide bonds. The molecular formula is C23H28FN3O. The van der Waals surface area contributed by atoms with Gasteiger partial charge in [0.2, 0.25) is 0 Å². The van der Waals surface area contributed by atoms with Crippen LogP contribution in [-0.2, 0) is 6.42 Å². The first-order valence-electron chi connectivity index (χ1n) is 10.3. The molecule has 0 spiro atoms. The van der Waals surface area contributed by atoms with Crippen molar-refractivity contribution in [3.8, 4) is 0 Å². The fourth-order valence-corrected chi connectivity index (χ4v) is 4.75. The monoisotopic (exact) mass is 381 g/mol. The van der Waals surface area contributed by atoms with Gasteiger partial charge in [-0.3, -0.25) is 9.78 Å². The molecule has 0 bridgehead atoms. The number of carbonyl (C=O) groups is 1. The molecule has 1 N–H and O–H groups in total. The molecule has 2 fully saturated rings. The Balaban J connectivity index is 1.57. The Labute approximate surface area is 166 Å². The van der Waals surface area contributed by atoms with Gasteiger partial charge in [-0.05, 0) is 62.9 Å². The number of piperidine rings is 1. The summed E-state index contributed by atoms with van der Waals surface area (Å²) in [6, 6.07) is 10.5. The van der Waals surface area contributed by atoms with E-state index in [1.54, 1.807) is 24.4 Å². The molecule has 28 heavy (non-hydrogen) atoms. The highest BCUT2D eigenvalue weighted by molar-refractivity contribution is 5.94. The molecule has 0 aliphatic carbocycles. The molecule has 2 aliphatic rings. The highest BCUT2D eigenvalue weighted by Crippen LogP contribution is 2.33. The summed E-state index contributed by atoms with van der Waals surface area (Å²) in [7, 11) is 0. The summed E-state index contributed by atoms with van der Waals surface area (Å²) in [6.07, 6.45) is 7.52. The van der Waals surface area contributed by atoms with Crippen molar-refractivity contribution in [3.05, 3.63) is 65.2 Å². The summed E-state index contributed by atoms with van der Waals surface area (Å²) >= 11 is 0. The number of rotatable bonds is 3. The fourth-order valence-electron chi connectivity index (χ4n) is 4.75. The standard InChI is InChI=1S/C23H28FN3O/c1-23-11-6-14-27(21(23)9-4-5-12-26-23)22(28)18-10-13-25-19(16-18)15-17-7-2-3-8-20(17)24/h2-3,7-8,10,13,16,21,26H,4-6,9,11-12,14-15H2,1H3/t21-,23-/m0/s1. The SMILES string of the molecule is C[C@]12CCCN(C(=O)c3ccnc(Cc4ccccc4F)c3)[C@H]1CCCCN2. The van der Waals surface area contributed by atoms with Crippen molar-refractivity contribution in [3.63, 3.8) is 0 Å². The van der Waals surface area contributed by atoms with Crippen molar-refractivity contribution in [1.82, 2.24) is 15.2 Å². The smallest absolute Gasteiger partial charge is 0.254 e. The summed E-state index contributed by atoms with van der Waals surface area (Å²) in [5.74, 6) is -0.172. The lowest BCUT2D eigenvalue weighted by molar-refractivity contribution is 0.0379. The molecule has 5 heteroatoms.